The monoisotopic (exact) mass is 322 g/mol. The Kier molecular flexibility index (Phi) is 6.73. The summed E-state index contributed by atoms with van der Waals surface area (Å²) in [5.41, 5.74) is 0.399. The lowest BCUT2D eigenvalue weighted by molar-refractivity contribution is 0.0639. The molecule has 1 fully saturated rings. The molecule has 1 aliphatic rings. The maximum absolute atomic E-state index is 14.4. The number of benzene rings is 1. The highest BCUT2D eigenvalue weighted by Crippen LogP contribution is 2.39. The lowest BCUT2D eigenvalue weighted by atomic mass is 9.72. The highest BCUT2D eigenvalue weighted by atomic mass is 19.1. The zero-order valence-corrected chi connectivity index (χ0v) is 14.2. The van der Waals surface area contributed by atoms with Crippen molar-refractivity contribution < 1.29 is 13.6 Å². The van der Waals surface area contributed by atoms with Gasteiger partial charge in [0.05, 0.1) is 0 Å². The Labute approximate surface area is 138 Å². The molecule has 0 bridgehead atoms. The van der Waals surface area contributed by atoms with Gasteiger partial charge in [0, 0.05) is 5.56 Å². The molecule has 1 aromatic carbocycles. The molecule has 2 rings (SSSR count). The van der Waals surface area contributed by atoms with Gasteiger partial charge in [0.25, 0.3) is 0 Å². The molecule has 0 aliphatic heterocycles. The van der Waals surface area contributed by atoms with Crippen LogP contribution in [-0.4, -0.2) is 18.1 Å². The topological polar surface area (TPSA) is 17.1 Å². The summed E-state index contributed by atoms with van der Waals surface area (Å²) in [6.45, 7) is 4.02. The van der Waals surface area contributed by atoms with Crippen LogP contribution in [0.15, 0.2) is 30.3 Å². The Hall–Kier alpha value is -1.25. The second kappa shape index (κ2) is 8.56. The zero-order chi connectivity index (χ0) is 16.8. The van der Waals surface area contributed by atoms with Gasteiger partial charge in [0.2, 0.25) is 0 Å². The van der Waals surface area contributed by atoms with Crippen molar-refractivity contribution in [2.75, 3.05) is 0 Å². The molecular formula is C20H28F2O. The van der Waals surface area contributed by atoms with Crippen molar-refractivity contribution >= 4 is 5.78 Å². The summed E-state index contributed by atoms with van der Waals surface area (Å²) in [6.07, 6.45) is 2.37. The van der Waals surface area contributed by atoms with E-state index < -0.39 is 18.1 Å². The average molecular weight is 322 g/mol. The van der Waals surface area contributed by atoms with E-state index in [1.54, 1.807) is 30.3 Å². The largest absolute Gasteiger partial charge is 0.291 e. The standard InChI is InChI=1S/C20H28F2O/c1-3-7-15-10-11-17(18(21)13-15)14(2)12-19(22)20(23)16-8-5-4-6-9-16/h4-6,8-9,14-15,17-19H,3,7,10-13H2,1-2H3/t14?,15-,17+,18?,19?/m0/s1. The average Bonchev–Trinajstić information content (AvgIpc) is 2.55. The van der Waals surface area contributed by atoms with Crippen molar-refractivity contribution in [3.8, 4) is 0 Å². The maximum Gasteiger partial charge on any atom is 0.196 e. The van der Waals surface area contributed by atoms with Crippen LogP contribution < -0.4 is 0 Å². The van der Waals surface area contributed by atoms with Crippen molar-refractivity contribution in [3.63, 3.8) is 0 Å². The van der Waals surface area contributed by atoms with Crippen LogP contribution in [0.4, 0.5) is 8.78 Å². The molecule has 0 spiro atoms. The van der Waals surface area contributed by atoms with E-state index in [-0.39, 0.29) is 18.3 Å². The van der Waals surface area contributed by atoms with Gasteiger partial charge in [-0.25, -0.2) is 8.78 Å². The van der Waals surface area contributed by atoms with Gasteiger partial charge in [0.15, 0.2) is 12.0 Å². The van der Waals surface area contributed by atoms with Crippen molar-refractivity contribution in [2.45, 2.75) is 64.7 Å². The molecule has 5 atom stereocenters. The predicted molar refractivity (Wildman–Crippen MR) is 90.1 cm³/mol. The van der Waals surface area contributed by atoms with Crippen molar-refractivity contribution in [3.05, 3.63) is 35.9 Å². The highest BCUT2D eigenvalue weighted by Gasteiger charge is 2.35. The van der Waals surface area contributed by atoms with Crippen LogP contribution in [-0.2, 0) is 0 Å². The fraction of sp³-hybridized carbons (Fsp3) is 0.650. The quantitative estimate of drug-likeness (QED) is 0.581. The molecule has 3 unspecified atom stereocenters. The lowest BCUT2D eigenvalue weighted by Crippen LogP contribution is -2.33. The number of halogens is 2. The third-order valence-corrected chi connectivity index (χ3v) is 5.28. The van der Waals surface area contributed by atoms with Crippen LogP contribution in [0.3, 0.4) is 0 Å². The molecule has 0 amide bonds. The first-order valence-electron chi connectivity index (χ1n) is 8.90. The van der Waals surface area contributed by atoms with Crippen molar-refractivity contribution in [1.29, 1.82) is 0 Å². The number of alkyl halides is 2. The second-order valence-electron chi connectivity index (χ2n) is 7.06. The molecule has 1 saturated carbocycles. The van der Waals surface area contributed by atoms with E-state index in [9.17, 15) is 13.6 Å². The minimum Gasteiger partial charge on any atom is -0.291 e. The molecular weight excluding hydrogens is 294 g/mol. The van der Waals surface area contributed by atoms with E-state index >= 15 is 0 Å². The third kappa shape index (κ3) is 4.86. The van der Waals surface area contributed by atoms with Gasteiger partial charge in [-0.15, -0.1) is 0 Å². The first-order valence-corrected chi connectivity index (χ1v) is 8.90. The van der Waals surface area contributed by atoms with Crippen molar-refractivity contribution in [2.24, 2.45) is 17.8 Å². The highest BCUT2D eigenvalue weighted by molar-refractivity contribution is 5.99. The number of carbonyl (C=O) groups excluding carboxylic acids is 1. The van der Waals surface area contributed by atoms with Gasteiger partial charge in [-0.2, -0.15) is 0 Å². The number of hydrogen-bond donors (Lipinski definition) is 0. The zero-order valence-electron chi connectivity index (χ0n) is 14.2. The van der Waals surface area contributed by atoms with E-state index in [1.165, 1.54) is 0 Å². The number of ketones is 1. The maximum atomic E-state index is 14.4. The molecule has 1 aromatic rings. The predicted octanol–water partition coefficient (Wildman–Crippen LogP) is 5.79. The number of hydrogen-bond acceptors (Lipinski definition) is 1. The molecule has 0 saturated heterocycles. The summed E-state index contributed by atoms with van der Waals surface area (Å²) in [4.78, 5) is 12.1. The number of rotatable bonds is 7. The van der Waals surface area contributed by atoms with Crippen LogP contribution in [0.2, 0.25) is 0 Å². The molecule has 1 nitrogen and oxygen atoms in total. The molecule has 0 radical (unpaired) electrons. The fourth-order valence-corrected chi connectivity index (χ4v) is 3.92. The van der Waals surface area contributed by atoms with Crippen molar-refractivity contribution in [1.82, 2.24) is 0 Å². The van der Waals surface area contributed by atoms with Crippen LogP contribution >= 0.6 is 0 Å². The van der Waals surface area contributed by atoms with Crippen LogP contribution in [0.25, 0.3) is 0 Å². The van der Waals surface area contributed by atoms with Gasteiger partial charge in [0.1, 0.15) is 6.17 Å². The smallest absolute Gasteiger partial charge is 0.196 e. The summed E-state index contributed by atoms with van der Waals surface area (Å²) in [6, 6.07) is 8.53. The van der Waals surface area contributed by atoms with Gasteiger partial charge in [-0.3, -0.25) is 4.79 Å². The number of carbonyl (C=O) groups is 1. The fourth-order valence-electron chi connectivity index (χ4n) is 3.92. The minimum absolute atomic E-state index is 0.102. The Morgan fingerprint density at radius 2 is 1.96 bits per heavy atom. The van der Waals surface area contributed by atoms with Gasteiger partial charge in [-0.05, 0) is 43.4 Å². The van der Waals surface area contributed by atoms with E-state index in [2.05, 4.69) is 6.92 Å². The summed E-state index contributed by atoms with van der Waals surface area (Å²) >= 11 is 0. The Morgan fingerprint density at radius 1 is 1.26 bits per heavy atom. The molecule has 3 heteroatoms. The molecule has 0 heterocycles. The summed E-state index contributed by atoms with van der Waals surface area (Å²) in [5.74, 6) is -0.210. The van der Waals surface area contributed by atoms with Gasteiger partial charge >= 0.3 is 0 Å². The van der Waals surface area contributed by atoms with Crippen LogP contribution in [0.1, 0.15) is 62.7 Å². The molecule has 128 valence electrons. The summed E-state index contributed by atoms with van der Waals surface area (Å²) in [7, 11) is 0. The van der Waals surface area contributed by atoms with E-state index in [4.69, 9.17) is 0 Å². The van der Waals surface area contributed by atoms with Gasteiger partial charge < -0.3 is 0 Å². The third-order valence-electron chi connectivity index (χ3n) is 5.28. The first kappa shape index (κ1) is 18.1. The summed E-state index contributed by atoms with van der Waals surface area (Å²) in [5, 5.41) is 0. The van der Waals surface area contributed by atoms with E-state index in [0.29, 0.717) is 17.9 Å². The second-order valence-corrected chi connectivity index (χ2v) is 7.06. The van der Waals surface area contributed by atoms with Crippen LogP contribution in [0.5, 0.6) is 0 Å². The summed E-state index contributed by atoms with van der Waals surface area (Å²) < 4.78 is 28.8. The minimum atomic E-state index is -1.53. The van der Waals surface area contributed by atoms with Crippen LogP contribution in [0, 0.1) is 17.8 Å². The Bertz CT molecular complexity index is 488. The Morgan fingerprint density at radius 3 is 2.57 bits per heavy atom. The molecule has 23 heavy (non-hydrogen) atoms. The Balaban J connectivity index is 1.89. The molecule has 0 aromatic heterocycles. The SMILES string of the molecule is CCC[C@H]1CC[C@H](C(C)CC(F)C(=O)c2ccccc2)C(F)C1. The molecule has 0 N–H and O–H groups in total. The lowest BCUT2D eigenvalue weighted by Gasteiger charge is -2.35. The van der Waals surface area contributed by atoms with Gasteiger partial charge in [-0.1, -0.05) is 57.0 Å². The first-order chi connectivity index (χ1) is 11.0. The normalized spacial score (nSPS) is 27.4. The van der Waals surface area contributed by atoms with E-state index in [1.807, 2.05) is 6.92 Å². The van der Waals surface area contributed by atoms with E-state index in [0.717, 1.165) is 25.7 Å². The molecule has 1 aliphatic carbocycles. The number of Topliss-reactive ketones (excluding diaryl/α,β-unsaturated/α-hetero) is 1.